The molecule has 10 heteroatoms. The molecule has 0 saturated heterocycles. The van der Waals surface area contributed by atoms with Gasteiger partial charge in [-0.2, -0.15) is 5.10 Å². The van der Waals surface area contributed by atoms with Crippen molar-refractivity contribution in [1.29, 1.82) is 0 Å². The summed E-state index contributed by atoms with van der Waals surface area (Å²) < 4.78 is 3.13. The zero-order valence-electron chi connectivity index (χ0n) is 17.9. The van der Waals surface area contributed by atoms with Crippen molar-refractivity contribution in [3.05, 3.63) is 68.9 Å². The highest BCUT2D eigenvalue weighted by Crippen LogP contribution is 2.29. The molecule has 32 heavy (non-hydrogen) atoms. The van der Waals surface area contributed by atoms with E-state index >= 15 is 0 Å². The molecule has 0 aliphatic rings. The summed E-state index contributed by atoms with van der Waals surface area (Å²) in [5.41, 5.74) is 2.69. The number of halogens is 1. The highest BCUT2D eigenvalue weighted by molar-refractivity contribution is 6.29. The van der Waals surface area contributed by atoms with Crippen molar-refractivity contribution >= 4 is 34.2 Å². The Labute approximate surface area is 188 Å². The van der Waals surface area contributed by atoms with Crippen molar-refractivity contribution in [2.75, 3.05) is 5.32 Å². The van der Waals surface area contributed by atoms with Crippen LogP contribution in [0.5, 0.6) is 0 Å². The number of aromatic nitrogens is 5. The van der Waals surface area contributed by atoms with Crippen molar-refractivity contribution in [2.24, 2.45) is 14.1 Å². The number of aryl methyl sites for hydroxylation is 2. The molecule has 0 fully saturated rings. The Kier molecular flexibility index (Phi) is 5.43. The Hall–Kier alpha value is -3.72. The Bertz CT molecular complexity index is 1430. The number of aromatic carboxylic acids is 1. The van der Waals surface area contributed by atoms with Gasteiger partial charge in [-0.3, -0.25) is 14.0 Å². The van der Waals surface area contributed by atoms with Crippen molar-refractivity contribution in [1.82, 2.24) is 24.3 Å². The number of rotatable bonds is 5. The van der Waals surface area contributed by atoms with Crippen molar-refractivity contribution in [3.63, 3.8) is 0 Å². The fourth-order valence-corrected chi connectivity index (χ4v) is 3.82. The molecule has 0 unspecified atom stereocenters. The molecule has 0 spiro atoms. The van der Waals surface area contributed by atoms with Crippen molar-refractivity contribution in [3.8, 4) is 11.5 Å². The third-order valence-corrected chi connectivity index (χ3v) is 5.41. The van der Waals surface area contributed by atoms with Gasteiger partial charge in [-0.05, 0) is 43.7 Å². The molecule has 3 aromatic heterocycles. The van der Waals surface area contributed by atoms with Crippen LogP contribution in [0.3, 0.4) is 0 Å². The third-order valence-electron chi connectivity index (χ3n) is 5.20. The van der Waals surface area contributed by atoms with Crippen LogP contribution in [0.4, 0.5) is 5.69 Å². The number of carboxylic acids is 1. The first kappa shape index (κ1) is 21.5. The van der Waals surface area contributed by atoms with Gasteiger partial charge in [0.15, 0.2) is 11.5 Å². The Balaban J connectivity index is 1.88. The summed E-state index contributed by atoms with van der Waals surface area (Å²) in [4.78, 5) is 33.5. The van der Waals surface area contributed by atoms with Crippen LogP contribution < -0.4 is 10.9 Å². The van der Waals surface area contributed by atoms with E-state index in [4.69, 9.17) is 16.6 Å². The predicted octanol–water partition coefficient (Wildman–Crippen LogP) is 3.56. The van der Waals surface area contributed by atoms with E-state index in [1.54, 1.807) is 43.2 Å². The largest absolute Gasteiger partial charge is 0.476 e. The highest BCUT2D eigenvalue weighted by Gasteiger charge is 2.20. The summed E-state index contributed by atoms with van der Waals surface area (Å²) in [5, 5.41) is 17.6. The van der Waals surface area contributed by atoms with Gasteiger partial charge in [0.25, 0.3) is 5.56 Å². The number of hydrogen-bond acceptors (Lipinski definition) is 6. The van der Waals surface area contributed by atoms with Gasteiger partial charge in [0.1, 0.15) is 10.8 Å². The molecule has 4 rings (SSSR count). The van der Waals surface area contributed by atoms with Crippen molar-refractivity contribution in [2.45, 2.75) is 19.9 Å². The van der Waals surface area contributed by atoms with Crippen LogP contribution in [0.2, 0.25) is 5.15 Å². The van der Waals surface area contributed by atoms with Gasteiger partial charge in [-0.25, -0.2) is 14.8 Å². The molecule has 0 saturated carbocycles. The molecule has 1 aromatic carbocycles. The van der Waals surface area contributed by atoms with E-state index in [9.17, 15) is 14.7 Å². The maximum absolute atomic E-state index is 13.2. The molecule has 4 aromatic rings. The SMILES string of the molecule is Cc1cc([C@@H](C)Nc2ccc(Cl)nc2C(=O)O)c2nc(-c3ccn(C)n3)n(C)c(=O)c2c1. The lowest BCUT2D eigenvalue weighted by Gasteiger charge is -2.20. The third kappa shape index (κ3) is 3.82. The second kappa shape index (κ2) is 8.08. The second-order valence-electron chi connectivity index (χ2n) is 7.63. The first-order chi connectivity index (χ1) is 15.2. The van der Waals surface area contributed by atoms with Crippen LogP contribution in [0.1, 0.15) is 34.6 Å². The van der Waals surface area contributed by atoms with Crippen LogP contribution in [0.15, 0.2) is 41.3 Å². The summed E-state index contributed by atoms with van der Waals surface area (Å²) in [6.07, 6.45) is 1.78. The maximum Gasteiger partial charge on any atom is 0.356 e. The molecular formula is C22H21ClN6O3. The average Bonchev–Trinajstić information content (AvgIpc) is 3.17. The van der Waals surface area contributed by atoms with E-state index in [0.29, 0.717) is 28.1 Å². The molecular weight excluding hydrogens is 432 g/mol. The lowest BCUT2D eigenvalue weighted by Crippen LogP contribution is -2.22. The Morgan fingerprint density at radius 2 is 1.94 bits per heavy atom. The molecule has 0 amide bonds. The van der Waals surface area contributed by atoms with Gasteiger partial charge >= 0.3 is 5.97 Å². The maximum atomic E-state index is 13.2. The van der Waals surface area contributed by atoms with Crippen LogP contribution in [-0.2, 0) is 14.1 Å². The lowest BCUT2D eigenvalue weighted by atomic mass is 10.0. The molecule has 2 N–H and O–H groups in total. The summed E-state index contributed by atoms with van der Waals surface area (Å²) in [6, 6.07) is 8.23. The fourth-order valence-electron chi connectivity index (χ4n) is 3.67. The molecule has 0 bridgehead atoms. The number of nitrogens with one attached hydrogen (secondary N) is 1. The molecule has 0 aliphatic carbocycles. The highest BCUT2D eigenvalue weighted by atomic mass is 35.5. The van der Waals surface area contributed by atoms with E-state index in [1.807, 2.05) is 19.9 Å². The minimum absolute atomic E-state index is 0.0896. The summed E-state index contributed by atoms with van der Waals surface area (Å²) in [7, 11) is 3.46. The number of hydrogen-bond donors (Lipinski definition) is 2. The minimum atomic E-state index is -1.19. The second-order valence-corrected chi connectivity index (χ2v) is 8.01. The van der Waals surface area contributed by atoms with Gasteiger partial charge in [0.2, 0.25) is 0 Å². The number of benzene rings is 1. The zero-order chi connectivity index (χ0) is 23.2. The van der Waals surface area contributed by atoms with Crippen LogP contribution in [0, 0.1) is 6.92 Å². The monoisotopic (exact) mass is 452 g/mol. The molecule has 164 valence electrons. The van der Waals surface area contributed by atoms with E-state index in [-0.39, 0.29) is 22.4 Å². The van der Waals surface area contributed by atoms with Gasteiger partial charge in [-0.1, -0.05) is 17.7 Å². The Morgan fingerprint density at radius 3 is 2.59 bits per heavy atom. The van der Waals surface area contributed by atoms with Crippen LogP contribution >= 0.6 is 11.6 Å². The van der Waals surface area contributed by atoms with Gasteiger partial charge in [-0.15, -0.1) is 0 Å². The van der Waals surface area contributed by atoms with Gasteiger partial charge in [0.05, 0.1) is 22.6 Å². The number of nitrogens with zero attached hydrogens (tertiary/aromatic N) is 5. The van der Waals surface area contributed by atoms with Gasteiger partial charge in [0, 0.05) is 25.9 Å². The smallest absolute Gasteiger partial charge is 0.356 e. The molecule has 9 nitrogen and oxygen atoms in total. The van der Waals surface area contributed by atoms with Crippen LogP contribution in [0.25, 0.3) is 22.4 Å². The van der Waals surface area contributed by atoms with Crippen LogP contribution in [-0.4, -0.2) is 35.4 Å². The first-order valence-corrected chi connectivity index (χ1v) is 10.2. The van der Waals surface area contributed by atoms with Gasteiger partial charge < -0.3 is 10.4 Å². The average molecular weight is 453 g/mol. The van der Waals surface area contributed by atoms with E-state index in [2.05, 4.69) is 15.4 Å². The molecule has 1 atom stereocenters. The lowest BCUT2D eigenvalue weighted by molar-refractivity contribution is 0.0691. The number of carbonyl (C=O) groups is 1. The molecule has 0 radical (unpaired) electrons. The number of fused-ring (bicyclic) bond motifs is 1. The molecule has 3 heterocycles. The number of anilines is 1. The first-order valence-electron chi connectivity index (χ1n) is 9.83. The fraction of sp³-hybridized carbons (Fsp3) is 0.227. The summed E-state index contributed by atoms with van der Waals surface area (Å²) >= 11 is 5.87. The van der Waals surface area contributed by atoms with E-state index in [1.165, 1.54) is 10.6 Å². The quantitative estimate of drug-likeness (QED) is 0.445. The van der Waals surface area contributed by atoms with Crippen molar-refractivity contribution < 1.29 is 9.90 Å². The summed E-state index contributed by atoms with van der Waals surface area (Å²) in [5.74, 6) is -0.750. The number of carboxylic acid groups (broad SMARTS) is 1. The topological polar surface area (TPSA) is 115 Å². The van der Waals surface area contributed by atoms with E-state index in [0.717, 1.165) is 11.1 Å². The minimum Gasteiger partial charge on any atom is -0.476 e. The number of pyridine rings is 1. The van der Waals surface area contributed by atoms with E-state index < -0.39 is 5.97 Å². The standard InChI is InChI=1S/C22H21ClN6O3/c1-11-9-13(12(2)24-15-5-6-17(23)25-19(15)22(31)32)18-14(10-11)21(30)29(4)20(26-18)16-7-8-28(3)27-16/h5-10,12,24H,1-4H3,(H,31,32)/t12-/m1/s1. The summed E-state index contributed by atoms with van der Waals surface area (Å²) in [6.45, 7) is 3.77. The molecule has 0 aliphatic heterocycles. The Morgan fingerprint density at radius 1 is 1.19 bits per heavy atom. The predicted molar refractivity (Wildman–Crippen MR) is 122 cm³/mol. The zero-order valence-corrected chi connectivity index (χ0v) is 18.7. The normalized spacial score (nSPS) is 12.2.